The number of para-hydroxylation sites is 1. The molecule has 0 fully saturated rings. The Morgan fingerprint density at radius 2 is 2.15 bits per heavy atom. The maximum atomic E-state index is 13.4. The Labute approximate surface area is 114 Å². The van der Waals surface area contributed by atoms with Gasteiger partial charge in [-0.05, 0) is 13.0 Å². The molecule has 0 aliphatic carbocycles. The normalized spacial score (nSPS) is 16.9. The van der Waals surface area contributed by atoms with Gasteiger partial charge >= 0.3 is 0 Å². The second kappa shape index (κ2) is 4.47. The number of benzene rings is 1. The number of aryl methyl sites for hydroxylation is 1. The predicted octanol–water partition coefficient (Wildman–Crippen LogP) is 2.46. The summed E-state index contributed by atoms with van der Waals surface area (Å²) in [6.07, 6.45) is 0. The number of nitrogens with zero attached hydrogens (tertiary/aromatic N) is 1. The molecule has 0 saturated carbocycles. The number of anilines is 1. The summed E-state index contributed by atoms with van der Waals surface area (Å²) in [5, 5.41) is 3.37. The fraction of sp³-hybridized carbons (Fsp3) is 0.357. The van der Waals surface area contributed by atoms with Gasteiger partial charge < -0.3 is 14.6 Å². The molecule has 1 aromatic carbocycles. The summed E-state index contributed by atoms with van der Waals surface area (Å²) in [5.74, 6) is -3.02. The van der Waals surface area contributed by atoms with E-state index in [4.69, 9.17) is 4.74 Å². The Morgan fingerprint density at radius 1 is 1.40 bits per heavy atom. The van der Waals surface area contributed by atoms with Crippen LogP contribution in [0.5, 0.6) is 5.75 Å². The molecule has 1 aromatic heterocycles. The summed E-state index contributed by atoms with van der Waals surface area (Å²) >= 11 is 0. The third-order valence-electron chi connectivity index (χ3n) is 3.40. The first-order valence-electron chi connectivity index (χ1n) is 6.43. The third-order valence-corrected chi connectivity index (χ3v) is 3.40. The lowest BCUT2D eigenvalue weighted by Crippen LogP contribution is -2.31. The highest BCUT2D eigenvalue weighted by Gasteiger charge is 2.34. The Morgan fingerprint density at radius 3 is 2.90 bits per heavy atom. The van der Waals surface area contributed by atoms with Gasteiger partial charge in [-0.3, -0.25) is 4.79 Å². The van der Waals surface area contributed by atoms with Crippen molar-refractivity contribution in [2.24, 2.45) is 0 Å². The molecule has 0 saturated heterocycles. The van der Waals surface area contributed by atoms with Gasteiger partial charge in [0.2, 0.25) is 5.75 Å². The molecule has 2 heterocycles. The van der Waals surface area contributed by atoms with Gasteiger partial charge in [0.25, 0.3) is 11.5 Å². The van der Waals surface area contributed by atoms with Gasteiger partial charge in [-0.2, -0.15) is 0 Å². The molecule has 0 radical (unpaired) electrons. The molecule has 1 aliphatic heterocycles. The SMILES string of the molecule is CCn1c(=O)c2c(c3ccccc31)NCC(F)(F)CO2. The van der Waals surface area contributed by atoms with E-state index in [9.17, 15) is 13.6 Å². The van der Waals surface area contributed by atoms with Gasteiger partial charge in [0.05, 0.1) is 17.7 Å². The number of rotatable bonds is 1. The molecule has 2 aromatic rings. The largest absolute Gasteiger partial charge is 0.480 e. The number of pyridine rings is 1. The highest BCUT2D eigenvalue weighted by Crippen LogP contribution is 2.33. The Bertz CT molecular complexity index is 725. The Hall–Kier alpha value is -2.11. The van der Waals surface area contributed by atoms with Crippen LogP contribution in [0.3, 0.4) is 0 Å². The van der Waals surface area contributed by atoms with Gasteiger partial charge in [0, 0.05) is 11.9 Å². The molecule has 6 heteroatoms. The second-order valence-corrected chi connectivity index (χ2v) is 4.77. The smallest absolute Gasteiger partial charge is 0.298 e. The van der Waals surface area contributed by atoms with E-state index in [-0.39, 0.29) is 11.3 Å². The number of fused-ring (bicyclic) bond motifs is 3. The Kier molecular flexibility index (Phi) is 2.88. The molecule has 0 unspecified atom stereocenters. The number of aromatic nitrogens is 1. The predicted molar refractivity (Wildman–Crippen MR) is 72.8 cm³/mol. The molecule has 4 nitrogen and oxygen atoms in total. The summed E-state index contributed by atoms with van der Waals surface area (Å²) in [7, 11) is 0. The van der Waals surface area contributed by atoms with Crippen LogP contribution >= 0.6 is 0 Å². The third kappa shape index (κ3) is 1.92. The minimum absolute atomic E-state index is 0.0253. The van der Waals surface area contributed by atoms with Crippen molar-refractivity contribution in [3.8, 4) is 5.75 Å². The molecule has 0 atom stereocenters. The molecule has 1 N–H and O–H groups in total. The lowest BCUT2D eigenvalue weighted by atomic mass is 10.1. The summed E-state index contributed by atoms with van der Waals surface area (Å²) < 4.78 is 33.5. The number of hydrogen-bond acceptors (Lipinski definition) is 3. The summed E-state index contributed by atoms with van der Waals surface area (Å²) in [4.78, 5) is 12.4. The van der Waals surface area contributed by atoms with Crippen LogP contribution in [-0.2, 0) is 6.54 Å². The summed E-state index contributed by atoms with van der Waals surface area (Å²) in [6, 6.07) is 7.20. The van der Waals surface area contributed by atoms with Crippen molar-refractivity contribution < 1.29 is 13.5 Å². The van der Waals surface area contributed by atoms with Gasteiger partial charge in [-0.1, -0.05) is 18.2 Å². The molecule has 20 heavy (non-hydrogen) atoms. The van der Waals surface area contributed by atoms with E-state index in [2.05, 4.69) is 5.32 Å². The highest BCUT2D eigenvalue weighted by molar-refractivity contribution is 5.94. The van der Waals surface area contributed by atoms with Crippen LogP contribution in [0.1, 0.15) is 6.92 Å². The number of halogens is 2. The average molecular weight is 280 g/mol. The quantitative estimate of drug-likeness (QED) is 0.872. The lowest BCUT2D eigenvalue weighted by Gasteiger charge is -2.15. The van der Waals surface area contributed by atoms with E-state index in [0.717, 1.165) is 0 Å². The first-order valence-corrected chi connectivity index (χ1v) is 6.43. The maximum Gasteiger partial charge on any atom is 0.298 e. The minimum atomic E-state index is -3.00. The van der Waals surface area contributed by atoms with Gasteiger partial charge in [0.1, 0.15) is 0 Å². The molecule has 0 spiro atoms. The van der Waals surface area contributed by atoms with E-state index in [0.29, 0.717) is 23.1 Å². The van der Waals surface area contributed by atoms with E-state index in [1.165, 1.54) is 4.57 Å². The minimum Gasteiger partial charge on any atom is -0.480 e. The van der Waals surface area contributed by atoms with Crippen molar-refractivity contribution in [3.05, 3.63) is 34.6 Å². The zero-order chi connectivity index (χ0) is 14.3. The first kappa shape index (κ1) is 12.9. The molecule has 3 rings (SSSR count). The summed E-state index contributed by atoms with van der Waals surface area (Å²) in [6.45, 7) is 0.954. The van der Waals surface area contributed by atoms with Crippen LogP contribution in [0.25, 0.3) is 10.9 Å². The van der Waals surface area contributed by atoms with Crippen molar-refractivity contribution >= 4 is 16.6 Å². The molecule has 106 valence electrons. The number of alkyl halides is 2. The molecule has 0 amide bonds. The zero-order valence-corrected chi connectivity index (χ0v) is 11.0. The van der Waals surface area contributed by atoms with Crippen molar-refractivity contribution in [3.63, 3.8) is 0 Å². The van der Waals surface area contributed by atoms with Crippen LogP contribution in [0.15, 0.2) is 29.1 Å². The Balaban J connectivity index is 2.32. The van der Waals surface area contributed by atoms with Crippen LogP contribution in [-0.4, -0.2) is 23.6 Å². The fourth-order valence-electron chi connectivity index (χ4n) is 2.45. The average Bonchev–Trinajstić information content (AvgIpc) is 2.59. The number of ether oxygens (including phenoxy) is 1. The van der Waals surface area contributed by atoms with E-state index >= 15 is 0 Å². The van der Waals surface area contributed by atoms with E-state index in [1.807, 2.05) is 13.0 Å². The van der Waals surface area contributed by atoms with Gasteiger partial charge in [-0.15, -0.1) is 0 Å². The molecule has 1 aliphatic rings. The standard InChI is InChI=1S/C14H14F2N2O2/c1-2-18-10-6-4-3-5-9(10)11-12(13(18)19)20-8-14(15,16)7-17-11/h3-6,17H,2,7-8H2,1H3. The van der Waals surface area contributed by atoms with Crippen molar-refractivity contribution in [1.29, 1.82) is 0 Å². The monoisotopic (exact) mass is 280 g/mol. The first-order chi connectivity index (χ1) is 9.53. The summed E-state index contributed by atoms with van der Waals surface area (Å²) in [5.41, 5.74) is 0.680. The van der Waals surface area contributed by atoms with Gasteiger partial charge in [-0.25, -0.2) is 8.78 Å². The van der Waals surface area contributed by atoms with Crippen LogP contribution in [0.2, 0.25) is 0 Å². The molecular formula is C14H14F2N2O2. The number of nitrogens with one attached hydrogen (secondary N) is 1. The second-order valence-electron chi connectivity index (χ2n) is 4.77. The number of hydrogen-bond donors (Lipinski definition) is 1. The molecule has 0 bridgehead atoms. The van der Waals surface area contributed by atoms with Crippen LogP contribution in [0.4, 0.5) is 14.5 Å². The fourth-order valence-corrected chi connectivity index (χ4v) is 2.45. The zero-order valence-electron chi connectivity index (χ0n) is 11.0. The maximum absolute atomic E-state index is 13.4. The van der Waals surface area contributed by atoms with Crippen molar-refractivity contribution in [1.82, 2.24) is 4.57 Å². The van der Waals surface area contributed by atoms with Crippen molar-refractivity contribution in [2.75, 3.05) is 18.5 Å². The highest BCUT2D eigenvalue weighted by atomic mass is 19.3. The van der Waals surface area contributed by atoms with Crippen molar-refractivity contribution in [2.45, 2.75) is 19.4 Å². The van der Waals surface area contributed by atoms with E-state index < -0.39 is 19.1 Å². The topological polar surface area (TPSA) is 43.3 Å². The molecular weight excluding hydrogens is 266 g/mol. The van der Waals surface area contributed by atoms with Crippen LogP contribution < -0.4 is 15.6 Å². The lowest BCUT2D eigenvalue weighted by molar-refractivity contribution is -0.0251. The van der Waals surface area contributed by atoms with Gasteiger partial charge in [0.15, 0.2) is 6.61 Å². The van der Waals surface area contributed by atoms with E-state index in [1.54, 1.807) is 18.2 Å². The van der Waals surface area contributed by atoms with Crippen LogP contribution in [0, 0.1) is 0 Å².